The molecule has 14 nitrogen and oxygen atoms in total. The van der Waals surface area contributed by atoms with Crippen LogP contribution in [0.4, 0.5) is 0 Å². The topological polar surface area (TPSA) is 164 Å². The molecule has 0 saturated carbocycles. The zero-order chi connectivity index (χ0) is 65.7. The Kier molecular flexibility index (Phi) is 47.2. The van der Waals surface area contributed by atoms with E-state index in [0.29, 0.717) is 75.3 Å². The Morgan fingerprint density at radius 3 is 1.14 bits per heavy atom. The Bertz CT molecular complexity index is 2200. The van der Waals surface area contributed by atoms with Crippen LogP contribution in [0.2, 0.25) is 0 Å². The predicted molar refractivity (Wildman–Crippen MR) is 376 cm³/mol. The van der Waals surface area contributed by atoms with Crippen molar-refractivity contribution in [2.24, 2.45) is 11.8 Å². The van der Waals surface area contributed by atoms with Gasteiger partial charge in [0, 0.05) is 50.3 Å². The minimum Gasteiger partial charge on any atom is -0.466 e. The van der Waals surface area contributed by atoms with Gasteiger partial charge in [-0.05, 0) is 170 Å². The summed E-state index contributed by atoms with van der Waals surface area (Å²) in [7, 11) is 3.95. The predicted octanol–water partition coefficient (Wildman–Crippen LogP) is 18.3. The molecule has 2 aromatic carbocycles. The van der Waals surface area contributed by atoms with Gasteiger partial charge in [0.05, 0.1) is 32.7 Å². The van der Waals surface area contributed by atoms with Crippen molar-refractivity contribution in [1.29, 1.82) is 0 Å². The zero-order valence-electron chi connectivity index (χ0n) is 57.7. The second kappa shape index (κ2) is 54.1. The van der Waals surface area contributed by atoms with E-state index in [1.165, 1.54) is 96.3 Å². The van der Waals surface area contributed by atoms with Crippen LogP contribution in [0, 0.1) is 11.8 Å². The fourth-order valence-corrected chi connectivity index (χ4v) is 14.2. The Hall–Kier alpha value is -4.12. The van der Waals surface area contributed by atoms with Crippen LogP contribution < -0.4 is 9.47 Å². The molecule has 0 spiro atoms. The first-order chi connectivity index (χ1) is 45.0. The molecular formula is C76H124N2O12S2. The van der Waals surface area contributed by atoms with Crippen molar-refractivity contribution < 1.29 is 57.2 Å². The molecule has 0 N–H and O–H groups in total. The van der Waals surface area contributed by atoms with Crippen molar-refractivity contribution in [1.82, 2.24) is 9.80 Å². The van der Waals surface area contributed by atoms with E-state index in [2.05, 4.69) is 30.6 Å². The second-order valence-electron chi connectivity index (χ2n) is 26.2. The highest BCUT2D eigenvalue weighted by Crippen LogP contribution is 2.27. The maximum atomic E-state index is 12.8. The molecule has 0 aromatic heterocycles. The molecule has 2 aliphatic rings. The third-order valence-corrected chi connectivity index (χ3v) is 20.5. The fourth-order valence-electron chi connectivity index (χ4n) is 12.2. The van der Waals surface area contributed by atoms with Gasteiger partial charge in [-0.25, -0.2) is 0 Å². The van der Waals surface area contributed by atoms with Gasteiger partial charge in [0.2, 0.25) is 0 Å². The van der Waals surface area contributed by atoms with Crippen molar-refractivity contribution >= 4 is 57.4 Å². The SMILES string of the molecule is CCCCCCCCCOC(=O)CCCCCCCC(=O)Oc1ccc(CC(=O)OCCC2CCN(CCSSCCN3CCC(CCOC(=O)Cc4ccc(OC(=O)CCCCCC(=O)OC(CCCCCCCC)CCCCCCCC)cc4)CC3)CC2)cc1. The largest absolute Gasteiger partial charge is 0.466 e. The van der Waals surface area contributed by atoms with E-state index < -0.39 is 0 Å². The summed E-state index contributed by atoms with van der Waals surface area (Å²) < 4.78 is 33.7. The number of hydrogen-bond acceptors (Lipinski definition) is 16. The number of unbranched alkanes of at least 4 members (excludes halogenated alkanes) is 22. The Morgan fingerprint density at radius 1 is 0.391 bits per heavy atom. The Morgan fingerprint density at radius 2 is 0.728 bits per heavy atom. The van der Waals surface area contributed by atoms with Crippen LogP contribution in [0.25, 0.3) is 0 Å². The van der Waals surface area contributed by atoms with Gasteiger partial charge in [0.15, 0.2) is 0 Å². The van der Waals surface area contributed by atoms with Crippen molar-refractivity contribution in [2.45, 2.75) is 290 Å². The number of likely N-dealkylation sites (tertiary alicyclic amines) is 2. The number of hydrogen-bond donors (Lipinski definition) is 0. The third-order valence-electron chi connectivity index (χ3n) is 18.2. The summed E-state index contributed by atoms with van der Waals surface area (Å²) in [5.74, 6) is 3.05. The van der Waals surface area contributed by atoms with Gasteiger partial charge in [-0.2, -0.15) is 0 Å². The summed E-state index contributed by atoms with van der Waals surface area (Å²) in [6, 6.07) is 14.2. The summed E-state index contributed by atoms with van der Waals surface area (Å²) in [5.41, 5.74) is 1.65. The van der Waals surface area contributed by atoms with E-state index in [0.717, 1.165) is 177 Å². The van der Waals surface area contributed by atoms with Gasteiger partial charge in [-0.1, -0.05) is 195 Å². The van der Waals surface area contributed by atoms with E-state index in [-0.39, 0.29) is 61.2 Å². The van der Waals surface area contributed by atoms with Crippen LogP contribution in [-0.2, 0) is 60.6 Å². The zero-order valence-corrected chi connectivity index (χ0v) is 59.4. The highest BCUT2D eigenvalue weighted by atomic mass is 33.1. The lowest BCUT2D eigenvalue weighted by Gasteiger charge is -2.32. The lowest BCUT2D eigenvalue weighted by Crippen LogP contribution is -2.36. The van der Waals surface area contributed by atoms with Crippen LogP contribution >= 0.6 is 21.6 Å². The highest BCUT2D eigenvalue weighted by Gasteiger charge is 2.22. The molecule has 2 saturated heterocycles. The van der Waals surface area contributed by atoms with Crippen molar-refractivity contribution in [3.05, 3.63) is 59.7 Å². The van der Waals surface area contributed by atoms with Gasteiger partial charge in [-0.15, -0.1) is 0 Å². The van der Waals surface area contributed by atoms with Crippen molar-refractivity contribution in [3.8, 4) is 11.5 Å². The summed E-state index contributed by atoms with van der Waals surface area (Å²) in [6.45, 7) is 14.7. The molecule has 0 aliphatic carbocycles. The maximum Gasteiger partial charge on any atom is 0.311 e. The molecular weight excluding hydrogens is 1200 g/mol. The molecule has 4 rings (SSSR count). The molecule has 92 heavy (non-hydrogen) atoms. The molecule has 0 amide bonds. The number of piperidine rings is 2. The summed E-state index contributed by atoms with van der Waals surface area (Å²) in [6.07, 6.45) is 39.9. The summed E-state index contributed by atoms with van der Waals surface area (Å²) >= 11 is 0. The van der Waals surface area contributed by atoms with Crippen molar-refractivity contribution in [3.63, 3.8) is 0 Å². The first-order valence-corrected chi connectivity index (χ1v) is 39.4. The minimum atomic E-state index is -0.299. The van der Waals surface area contributed by atoms with Crippen LogP contribution in [0.5, 0.6) is 11.5 Å². The van der Waals surface area contributed by atoms with Gasteiger partial charge in [-0.3, -0.25) is 28.8 Å². The number of nitrogens with zero attached hydrogens (tertiary/aromatic N) is 2. The summed E-state index contributed by atoms with van der Waals surface area (Å²) in [5, 5.41) is 0. The van der Waals surface area contributed by atoms with E-state index >= 15 is 0 Å². The number of esters is 6. The van der Waals surface area contributed by atoms with Gasteiger partial charge >= 0.3 is 35.8 Å². The van der Waals surface area contributed by atoms with Crippen LogP contribution in [0.1, 0.15) is 282 Å². The van der Waals surface area contributed by atoms with Gasteiger partial charge < -0.3 is 38.2 Å². The second-order valence-corrected chi connectivity index (χ2v) is 28.9. The lowest BCUT2D eigenvalue weighted by molar-refractivity contribution is -0.150. The van der Waals surface area contributed by atoms with E-state index in [1.807, 2.05) is 45.9 Å². The maximum absolute atomic E-state index is 12.8. The van der Waals surface area contributed by atoms with E-state index in [4.69, 9.17) is 28.4 Å². The molecule has 2 heterocycles. The number of benzene rings is 2. The molecule has 0 radical (unpaired) electrons. The highest BCUT2D eigenvalue weighted by molar-refractivity contribution is 8.76. The molecule has 0 bridgehead atoms. The molecule has 0 atom stereocenters. The standard InChI is InChI=1S/C76H124N2O12S2/c1-4-7-10-13-16-22-30-57-85-71(79)33-26-20-17-21-27-34-73(81)89-69-41-37-66(38-42-69)62-75(83)86-58-49-64-45-51-77(52-46-64)55-60-91-92-61-56-78-53-47-65(48-54-78)50-59-87-76(84)63-67-39-43-70(44-40-67)90-74(82)36-29-23-28-35-72(80)88-68(31-24-18-14-11-8-5-2)32-25-19-15-12-9-6-3/h37-44,64-65,68H,4-36,45-63H2,1-3H3. The molecule has 2 aliphatic heterocycles. The molecule has 2 fully saturated rings. The van der Waals surface area contributed by atoms with E-state index in [9.17, 15) is 28.8 Å². The number of carbonyl (C=O) groups is 6. The molecule has 16 heteroatoms. The average molecular weight is 1320 g/mol. The Balaban J connectivity index is 0.908. The number of ether oxygens (including phenoxy) is 6. The molecule has 2 aromatic rings. The van der Waals surface area contributed by atoms with Gasteiger partial charge in [0.1, 0.15) is 17.6 Å². The number of carbonyl (C=O) groups excluding carboxylic acids is 6. The Labute approximate surface area is 565 Å². The summed E-state index contributed by atoms with van der Waals surface area (Å²) in [4.78, 5) is 80.3. The van der Waals surface area contributed by atoms with Gasteiger partial charge in [0.25, 0.3) is 0 Å². The lowest BCUT2D eigenvalue weighted by atomic mass is 9.94. The van der Waals surface area contributed by atoms with Crippen molar-refractivity contribution in [2.75, 3.05) is 70.6 Å². The first kappa shape index (κ1) is 80.3. The smallest absolute Gasteiger partial charge is 0.311 e. The molecule has 0 unspecified atom stereocenters. The first-order valence-electron chi connectivity index (χ1n) is 37.0. The monoisotopic (exact) mass is 1320 g/mol. The minimum absolute atomic E-state index is 0.0234. The third kappa shape index (κ3) is 42.3. The fraction of sp³-hybridized carbons (Fsp3) is 0.763. The van der Waals surface area contributed by atoms with Crippen LogP contribution in [0.15, 0.2) is 48.5 Å². The average Bonchev–Trinajstić information content (AvgIpc) is 1.98. The quantitative estimate of drug-likeness (QED) is 0.0202. The van der Waals surface area contributed by atoms with Crippen LogP contribution in [0.3, 0.4) is 0 Å². The van der Waals surface area contributed by atoms with Crippen LogP contribution in [-0.4, -0.2) is 122 Å². The molecule has 522 valence electrons. The number of rotatable bonds is 56. The normalized spacial score (nSPS) is 14.1. The van der Waals surface area contributed by atoms with E-state index in [1.54, 1.807) is 24.3 Å².